The lowest BCUT2D eigenvalue weighted by molar-refractivity contribution is 0.332. The molecular formula is C63H71BN2O. The smallest absolute Gasteiger partial charge is 0.252 e. The summed E-state index contributed by atoms with van der Waals surface area (Å²) in [6, 6.07) is 38.9. The summed E-state index contributed by atoms with van der Waals surface area (Å²) < 4.78 is 6.49. The van der Waals surface area contributed by atoms with E-state index in [0.717, 1.165) is 28.4 Å². The number of furan rings is 1. The van der Waals surface area contributed by atoms with Crippen LogP contribution < -0.4 is 26.2 Å². The van der Waals surface area contributed by atoms with Gasteiger partial charge in [-0.05, 0) is 186 Å². The van der Waals surface area contributed by atoms with E-state index in [2.05, 4.69) is 211 Å². The first-order valence-corrected chi connectivity index (χ1v) is 25.5. The van der Waals surface area contributed by atoms with Crippen LogP contribution >= 0.6 is 0 Å². The zero-order chi connectivity index (χ0) is 47.3. The molecule has 67 heavy (non-hydrogen) atoms. The number of fused-ring (bicyclic) bond motifs is 10. The first-order valence-electron chi connectivity index (χ1n) is 25.5. The van der Waals surface area contributed by atoms with Crippen molar-refractivity contribution < 1.29 is 4.42 Å². The summed E-state index contributed by atoms with van der Waals surface area (Å²) in [5.41, 5.74) is 24.5. The van der Waals surface area contributed by atoms with Crippen LogP contribution in [0.4, 0.5) is 34.1 Å². The molecule has 0 saturated heterocycles. The molecule has 6 aromatic carbocycles. The molecule has 3 nitrogen and oxygen atoms in total. The van der Waals surface area contributed by atoms with Crippen LogP contribution in [0.15, 0.2) is 101 Å². The molecule has 0 atom stereocenters. The molecule has 7 aromatic rings. The van der Waals surface area contributed by atoms with E-state index in [4.69, 9.17) is 4.42 Å². The molecule has 3 heterocycles. The summed E-state index contributed by atoms with van der Waals surface area (Å²) in [5, 5.41) is 2.31. The molecule has 1 aromatic heterocycles. The van der Waals surface area contributed by atoms with E-state index in [1.807, 2.05) is 0 Å². The van der Waals surface area contributed by atoms with Gasteiger partial charge in [-0.2, -0.15) is 0 Å². The average Bonchev–Trinajstić information content (AvgIpc) is 3.71. The molecule has 0 radical (unpaired) electrons. The summed E-state index contributed by atoms with van der Waals surface area (Å²) in [6.07, 6.45) is 5.86. The van der Waals surface area contributed by atoms with E-state index in [1.165, 1.54) is 115 Å². The van der Waals surface area contributed by atoms with Crippen LogP contribution in [0.25, 0.3) is 21.9 Å². The van der Waals surface area contributed by atoms with Gasteiger partial charge in [-0.3, -0.25) is 0 Å². The largest absolute Gasteiger partial charge is 0.456 e. The first kappa shape index (κ1) is 43.1. The van der Waals surface area contributed by atoms with Crippen molar-refractivity contribution in [3.63, 3.8) is 0 Å². The molecule has 5 aliphatic rings. The lowest BCUT2D eigenvalue weighted by Crippen LogP contribution is -2.62. The van der Waals surface area contributed by atoms with Crippen LogP contribution in [-0.2, 0) is 37.9 Å². The van der Waals surface area contributed by atoms with Crippen molar-refractivity contribution in [2.45, 2.75) is 174 Å². The van der Waals surface area contributed by atoms with Crippen molar-refractivity contribution in [3.8, 4) is 0 Å². The summed E-state index contributed by atoms with van der Waals surface area (Å²) in [7, 11) is 0. The Kier molecular flexibility index (Phi) is 8.56. The first-order chi connectivity index (χ1) is 31.3. The van der Waals surface area contributed by atoms with Gasteiger partial charge in [0.1, 0.15) is 11.2 Å². The fourth-order valence-electron chi connectivity index (χ4n) is 14.1. The van der Waals surface area contributed by atoms with E-state index in [-0.39, 0.29) is 44.6 Å². The Morgan fingerprint density at radius 2 is 0.881 bits per heavy atom. The number of benzene rings is 6. The SMILES string of the molecule is CC(C)(C)c1cc2c3c(c1)N(c1ccc4oc5ccccc5c4c1)c1cc4c(cc1B3c1cc3c(cc1N2c1ccc2c(c1)C(C)(C)CCC2(C)C)C(C)(C)CCC3(C)C)C(C)(C)CC4(C)C. The van der Waals surface area contributed by atoms with Crippen LogP contribution in [0.5, 0.6) is 0 Å². The fraction of sp³-hybridized carbons (Fsp3) is 0.429. The van der Waals surface area contributed by atoms with Crippen molar-refractivity contribution in [2.24, 2.45) is 0 Å². The predicted octanol–water partition coefficient (Wildman–Crippen LogP) is 15.6. The molecule has 0 saturated carbocycles. The Hall–Kier alpha value is -5.22. The second kappa shape index (κ2) is 13.3. The highest BCUT2D eigenvalue weighted by Gasteiger charge is 2.50. The second-order valence-electron chi connectivity index (χ2n) is 26.7. The molecule has 0 spiro atoms. The van der Waals surface area contributed by atoms with Crippen molar-refractivity contribution in [1.29, 1.82) is 0 Å². The van der Waals surface area contributed by atoms with Crippen molar-refractivity contribution >= 4 is 79.2 Å². The van der Waals surface area contributed by atoms with Gasteiger partial charge in [0.25, 0.3) is 6.71 Å². The predicted molar refractivity (Wildman–Crippen MR) is 288 cm³/mol. The molecule has 0 bridgehead atoms. The zero-order valence-electron chi connectivity index (χ0n) is 43.2. The highest BCUT2D eigenvalue weighted by atomic mass is 16.3. The monoisotopic (exact) mass is 883 g/mol. The molecule has 3 aliphatic carbocycles. The van der Waals surface area contributed by atoms with E-state index >= 15 is 0 Å². The van der Waals surface area contributed by atoms with Gasteiger partial charge in [-0.25, -0.2) is 0 Å². The summed E-state index contributed by atoms with van der Waals surface area (Å²) in [4.78, 5) is 5.39. The molecule has 0 unspecified atom stereocenters. The Balaban J connectivity index is 1.24. The van der Waals surface area contributed by atoms with Gasteiger partial charge in [0.05, 0.1) is 0 Å². The highest BCUT2D eigenvalue weighted by molar-refractivity contribution is 7.00. The maximum atomic E-state index is 6.49. The van der Waals surface area contributed by atoms with Crippen LogP contribution in [0, 0.1) is 0 Å². The van der Waals surface area contributed by atoms with Gasteiger partial charge >= 0.3 is 0 Å². The van der Waals surface area contributed by atoms with Crippen LogP contribution in [0.1, 0.15) is 175 Å². The van der Waals surface area contributed by atoms with Gasteiger partial charge in [-0.1, -0.05) is 140 Å². The van der Waals surface area contributed by atoms with Gasteiger partial charge in [0, 0.05) is 44.9 Å². The zero-order valence-corrected chi connectivity index (χ0v) is 43.2. The molecule has 12 rings (SSSR count). The molecule has 4 heteroatoms. The molecule has 0 N–H and O–H groups in total. The minimum atomic E-state index is -0.114. The maximum absolute atomic E-state index is 6.49. The van der Waals surface area contributed by atoms with Gasteiger partial charge < -0.3 is 14.2 Å². The number of hydrogen-bond donors (Lipinski definition) is 0. The molecular weight excluding hydrogens is 812 g/mol. The van der Waals surface area contributed by atoms with Gasteiger partial charge in [0.15, 0.2) is 0 Å². The fourth-order valence-corrected chi connectivity index (χ4v) is 14.1. The van der Waals surface area contributed by atoms with E-state index in [9.17, 15) is 0 Å². The van der Waals surface area contributed by atoms with Crippen molar-refractivity contribution in [2.75, 3.05) is 9.80 Å². The number of anilines is 6. The van der Waals surface area contributed by atoms with Crippen LogP contribution in [-0.4, -0.2) is 6.71 Å². The Morgan fingerprint density at radius 3 is 1.45 bits per heavy atom. The summed E-state index contributed by atoms with van der Waals surface area (Å²) in [6.45, 7) is 37.0. The Morgan fingerprint density at radius 1 is 0.433 bits per heavy atom. The standard InChI is InChI=1S/C63H71BN2O/c1-57(2,3)37-28-52-56-53(29-37)66(39-20-22-42-43(31-39)59(6,7)25-24-58(42,4)5)50-34-46-44(60(8,9)26-27-61(46,10)11)32-48(50)64(56)49-33-45-47(63(14,15)36-62(45,12)13)35-51(49)65(52)38-21-23-55-41(30-38)40-18-16-17-19-54(40)67-55/h16-23,28-35H,24-27,36H2,1-15H3. The van der Waals surface area contributed by atoms with E-state index in [1.54, 1.807) is 0 Å². The molecule has 0 amide bonds. The van der Waals surface area contributed by atoms with E-state index in [0.29, 0.717) is 0 Å². The van der Waals surface area contributed by atoms with Crippen LogP contribution in [0.3, 0.4) is 0 Å². The number of hydrogen-bond acceptors (Lipinski definition) is 3. The lowest BCUT2D eigenvalue weighted by Gasteiger charge is -2.48. The minimum absolute atomic E-state index is 0.0354. The Labute approximate surface area is 401 Å². The lowest BCUT2D eigenvalue weighted by atomic mass is 9.32. The molecule has 2 aliphatic heterocycles. The van der Waals surface area contributed by atoms with Crippen LogP contribution in [0.2, 0.25) is 0 Å². The number of rotatable bonds is 2. The van der Waals surface area contributed by atoms with E-state index < -0.39 is 0 Å². The maximum Gasteiger partial charge on any atom is 0.252 e. The molecule has 0 fully saturated rings. The van der Waals surface area contributed by atoms with Crippen molar-refractivity contribution in [3.05, 3.63) is 136 Å². The average molecular weight is 883 g/mol. The third kappa shape index (κ3) is 6.09. The van der Waals surface area contributed by atoms with Crippen molar-refractivity contribution in [1.82, 2.24) is 0 Å². The quantitative estimate of drug-likeness (QED) is 0.161. The normalized spacial score (nSPS) is 20.8. The third-order valence-corrected chi connectivity index (χ3v) is 18.1. The summed E-state index contributed by atoms with van der Waals surface area (Å²) >= 11 is 0. The summed E-state index contributed by atoms with van der Waals surface area (Å²) in [5.74, 6) is 0. The third-order valence-electron chi connectivity index (χ3n) is 18.1. The topological polar surface area (TPSA) is 19.6 Å². The van der Waals surface area contributed by atoms with Gasteiger partial charge in [0.2, 0.25) is 0 Å². The van der Waals surface area contributed by atoms with Gasteiger partial charge in [-0.15, -0.1) is 0 Å². The minimum Gasteiger partial charge on any atom is -0.456 e. The number of para-hydroxylation sites is 1. The number of nitrogens with zero attached hydrogens (tertiary/aromatic N) is 2. The Bertz CT molecular complexity index is 3290. The highest BCUT2D eigenvalue weighted by Crippen LogP contribution is 2.56. The molecule has 342 valence electrons. The second-order valence-corrected chi connectivity index (χ2v) is 26.7.